The molecule has 1 atom stereocenters. The third-order valence-corrected chi connectivity index (χ3v) is 3.46. The Hall–Kier alpha value is -1.17. The van der Waals surface area contributed by atoms with Gasteiger partial charge in [-0.15, -0.1) is 12.4 Å². The molecule has 112 valence electrons. The van der Waals surface area contributed by atoms with Gasteiger partial charge >= 0.3 is 0 Å². The lowest BCUT2D eigenvalue weighted by Gasteiger charge is -2.15. The van der Waals surface area contributed by atoms with Gasteiger partial charge in [-0.3, -0.25) is 4.79 Å². The maximum absolute atomic E-state index is 12.1. The maximum Gasteiger partial charge on any atom is 0.228 e. The molecule has 0 saturated carbocycles. The minimum Gasteiger partial charge on any atom is -0.495 e. The Morgan fingerprint density at radius 1 is 1.35 bits per heavy atom. The molecule has 1 heterocycles. The summed E-state index contributed by atoms with van der Waals surface area (Å²) in [5.74, 6) is 0.992. The molecule has 2 rings (SSSR count). The zero-order valence-electron chi connectivity index (χ0n) is 11.4. The monoisotopic (exact) mass is 320 g/mol. The smallest absolute Gasteiger partial charge is 0.228 e. The number of carbonyl (C=O) groups excluding carboxylic acids is 1. The summed E-state index contributed by atoms with van der Waals surface area (Å²) >= 11 is 6.02. The van der Waals surface area contributed by atoms with Gasteiger partial charge in [-0.1, -0.05) is 11.6 Å². The molecule has 7 heteroatoms. The van der Waals surface area contributed by atoms with Crippen molar-refractivity contribution in [3.8, 4) is 11.5 Å². The predicted molar refractivity (Wildman–Crippen MR) is 81.4 cm³/mol. The molecule has 5 nitrogen and oxygen atoms in total. The van der Waals surface area contributed by atoms with Gasteiger partial charge in [0.2, 0.25) is 5.91 Å². The number of rotatable bonds is 4. The number of nitrogens with one attached hydrogen (secondary N) is 2. The summed E-state index contributed by atoms with van der Waals surface area (Å²) in [6.45, 7) is 1.58. The first-order valence-electron chi connectivity index (χ1n) is 6.08. The van der Waals surface area contributed by atoms with Gasteiger partial charge in [0, 0.05) is 18.7 Å². The van der Waals surface area contributed by atoms with Crippen LogP contribution in [-0.4, -0.2) is 33.2 Å². The quantitative estimate of drug-likeness (QED) is 0.894. The van der Waals surface area contributed by atoms with E-state index in [0.717, 1.165) is 13.0 Å². The highest BCUT2D eigenvalue weighted by molar-refractivity contribution is 6.32. The number of hydrogen-bond donors (Lipinski definition) is 2. The second-order valence-electron chi connectivity index (χ2n) is 4.37. The van der Waals surface area contributed by atoms with E-state index in [9.17, 15) is 4.79 Å². The molecule has 1 saturated heterocycles. The van der Waals surface area contributed by atoms with Crippen molar-refractivity contribution in [2.75, 3.05) is 32.6 Å². The average molecular weight is 321 g/mol. The Morgan fingerprint density at radius 3 is 2.60 bits per heavy atom. The Morgan fingerprint density at radius 2 is 2.05 bits per heavy atom. The molecule has 1 aliphatic heterocycles. The highest BCUT2D eigenvalue weighted by atomic mass is 35.5. The minimum atomic E-state index is -0.0207. The standard InChI is InChI=1S/C13H17ClN2O3.ClH/c1-18-11-6-10(12(19-2)5-9(11)14)16-13(17)8-3-4-15-7-8;/h5-6,8,15H,3-4,7H2,1-2H3,(H,16,17);1H. The number of anilines is 1. The average Bonchev–Trinajstić information content (AvgIpc) is 2.94. The zero-order chi connectivity index (χ0) is 13.8. The molecule has 2 N–H and O–H groups in total. The van der Waals surface area contributed by atoms with Gasteiger partial charge in [0.25, 0.3) is 0 Å². The molecular weight excluding hydrogens is 303 g/mol. The summed E-state index contributed by atoms with van der Waals surface area (Å²) in [6, 6.07) is 3.30. The van der Waals surface area contributed by atoms with Crippen LogP contribution in [0.5, 0.6) is 11.5 Å². The second-order valence-corrected chi connectivity index (χ2v) is 4.77. The molecule has 0 radical (unpaired) electrons. The van der Waals surface area contributed by atoms with Crippen molar-refractivity contribution in [1.82, 2.24) is 5.32 Å². The summed E-state index contributed by atoms with van der Waals surface area (Å²) in [5.41, 5.74) is 0.570. The SMILES string of the molecule is COc1cc(NC(=O)C2CCNC2)c(OC)cc1Cl.Cl. The lowest BCUT2D eigenvalue weighted by atomic mass is 10.1. The van der Waals surface area contributed by atoms with E-state index >= 15 is 0 Å². The first-order chi connectivity index (χ1) is 9.15. The van der Waals surface area contributed by atoms with Crippen molar-refractivity contribution < 1.29 is 14.3 Å². The highest BCUT2D eigenvalue weighted by Gasteiger charge is 2.23. The summed E-state index contributed by atoms with van der Waals surface area (Å²) < 4.78 is 10.4. The molecule has 1 fully saturated rings. The first-order valence-corrected chi connectivity index (χ1v) is 6.46. The van der Waals surface area contributed by atoms with E-state index in [-0.39, 0.29) is 24.2 Å². The van der Waals surface area contributed by atoms with Crippen molar-refractivity contribution in [1.29, 1.82) is 0 Å². The van der Waals surface area contributed by atoms with Crippen molar-refractivity contribution >= 4 is 35.6 Å². The normalized spacial score (nSPS) is 17.2. The van der Waals surface area contributed by atoms with Crippen LogP contribution in [0.4, 0.5) is 5.69 Å². The van der Waals surface area contributed by atoms with Gasteiger partial charge in [-0.05, 0) is 13.0 Å². The van der Waals surface area contributed by atoms with E-state index in [2.05, 4.69) is 10.6 Å². The van der Waals surface area contributed by atoms with E-state index in [1.54, 1.807) is 12.1 Å². The molecule has 1 amide bonds. The number of methoxy groups -OCH3 is 2. The van der Waals surface area contributed by atoms with Gasteiger partial charge in [0.1, 0.15) is 11.5 Å². The summed E-state index contributed by atoms with van der Waals surface area (Å²) in [5, 5.41) is 6.47. The number of carbonyl (C=O) groups is 1. The van der Waals surface area contributed by atoms with E-state index < -0.39 is 0 Å². The van der Waals surface area contributed by atoms with E-state index in [1.165, 1.54) is 14.2 Å². The van der Waals surface area contributed by atoms with Crippen molar-refractivity contribution in [3.63, 3.8) is 0 Å². The summed E-state index contributed by atoms with van der Waals surface area (Å²) in [7, 11) is 3.06. The Balaban J connectivity index is 0.00000200. The fourth-order valence-corrected chi connectivity index (χ4v) is 2.30. The molecular formula is C13H18Cl2N2O3. The van der Waals surface area contributed by atoms with Crippen LogP contribution in [0, 0.1) is 5.92 Å². The largest absolute Gasteiger partial charge is 0.495 e. The topological polar surface area (TPSA) is 59.6 Å². The Bertz CT molecular complexity index is 477. The van der Waals surface area contributed by atoms with Crippen molar-refractivity contribution in [2.24, 2.45) is 5.92 Å². The molecule has 1 unspecified atom stereocenters. The lowest BCUT2D eigenvalue weighted by Crippen LogP contribution is -2.24. The first kappa shape index (κ1) is 16.9. The fourth-order valence-electron chi connectivity index (χ4n) is 2.07. The minimum absolute atomic E-state index is 0. The second kappa shape index (κ2) is 7.57. The third-order valence-electron chi connectivity index (χ3n) is 3.16. The number of amides is 1. The number of ether oxygens (including phenoxy) is 2. The van der Waals surface area contributed by atoms with Gasteiger partial charge in [-0.25, -0.2) is 0 Å². The maximum atomic E-state index is 12.1. The van der Waals surface area contributed by atoms with Crippen LogP contribution in [0.1, 0.15) is 6.42 Å². The summed E-state index contributed by atoms with van der Waals surface area (Å²) in [4.78, 5) is 12.1. The Labute approximate surface area is 129 Å². The molecule has 1 aromatic carbocycles. The number of benzene rings is 1. The van der Waals surface area contributed by atoms with E-state index in [4.69, 9.17) is 21.1 Å². The predicted octanol–water partition coefficient (Wildman–Crippen LogP) is 2.33. The van der Waals surface area contributed by atoms with E-state index in [0.29, 0.717) is 28.8 Å². The third kappa shape index (κ3) is 3.69. The van der Waals surface area contributed by atoms with Crippen molar-refractivity contribution in [2.45, 2.75) is 6.42 Å². The Kier molecular flexibility index (Phi) is 6.39. The highest BCUT2D eigenvalue weighted by Crippen LogP contribution is 2.36. The van der Waals surface area contributed by atoms with Gasteiger partial charge in [0.05, 0.1) is 30.8 Å². The number of halogens is 2. The van der Waals surface area contributed by atoms with Gasteiger partial charge in [-0.2, -0.15) is 0 Å². The molecule has 1 aliphatic rings. The lowest BCUT2D eigenvalue weighted by molar-refractivity contribution is -0.119. The van der Waals surface area contributed by atoms with Crippen LogP contribution in [-0.2, 0) is 4.79 Å². The molecule has 0 aromatic heterocycles. The summed E-state index contributed by atoms with van der Waals surface area (Å²) in [6.07, 6.45) is 0.846. The van der Waals surface area contributed by atoms with Crippen LogP contribution in [0.2, 0.25) is 5.02 Å². The van der Waals surface area contributed by atoms with Gasteiger partial charge in [0.15, 0.2) is 0 Å². The van der Waals surface area contributed by atoms with Crippen molar-refractivity contribution in [3.05, 3.63) is 17.2 Å². The molecule has 0 bridgehead atoms. The fraction of sp³-hybridized carbons (Fsp3) is 0.462. The molecule has 20 heavy (non-hydrogen) atoms. The molecule has 0 aliphatic carbocycles. The van der Waals surface area contributed by atoms with Crippen LogP contribution >= 0.6 is 24.0 Å². The van der Waals surface area contributed by atoms with Crippen LogP contribution in [0.25, 0.3) is 0 Å². The molecule has 1 aromatic rings. The van der Waals surface area contributed by atoms with Gasteiger partial charge < -0.3 is 20.1 Å². The number of hydrogen-bond acceptors (Lipinski definition) is 4. The molecule has 0 spiro atoms. The van der Waals surface area contributed by atoms with E-state index in [1.807, 2.05) is 0 Å². The van der Waals surface area contributed by atoms with Crippen LogP contribution < -0.4 is 20.1 Å². The zero-order valence-corrected chi connectivity index (χ0v) is 12.9. The van der Waals surface area contributed by atoms with Crippen LogP contribution in [0.15, 0.2) is 12.1 Å². The van der Waals surface area contributed by atoms with Crippen LogP contribution in [0.3, 0.4) is 0 Å².